The zero-order valence-electron chi connectivity index (χ0n) is 11.9. The Morgan fingerprint density at radius 2 is 2.37 bits per heavy atom. The average molecular weight is 277 g/mol. The Kier molecular flexibility index (Phi) is 5.41. The third-order valence-electron chi connectivity index (χ3n) is 3.46. The lowest BCUT2D eigenvalue weighted by atomic mass is 10.1. The van der Waals surface area contributed by atoms with Crippen LogP contribution >= 0.6 is 11.3 Å². The molecule has 1 aromatic rings. The zero-order chi connectivity index (χ0) is 13.7. The molecule has 1 atom stereocenters. The second-order valence-corrected chi connectivity index (χ2v) is 6.55. The van der Waals surface area contributed by atoms with Crippen LogP contribution in [0.15, 0.2) is 12.1 Å². The number of nitrogens with zero attached hydrogens (tertiary/aromatic N) is 2. The Bertz CT molecular complexity index is 457. The van der Waals surface area contributed by atoms with Crippen molar-refractivity contribution in [1.29, 1.82) is 0 Å². The van der Waals surface area contributed by atoms with E-state index >= 15 is 0 Å². The van der Waals surface area contributed by atoms with Gasteiger partial charge in [0.15, 0.2) is 0 Å². The summed E-state index contributed by atoms with van der Waals surface area (Å²) in [7, 11) is 4.42. The predicted octanol–water partition coefficient (Wildman–Crippen LogP) is 1.44. The van der Waals surface area contributed by atoms with Gasteiger partial charge in [-0.05, 0) is 45.1 Å². The third kappa shape index (κ3) is 4.63. The molecule has 0 radical (unpaired) electrons. The molecule has 1 fully saturated rings. The Morgan fingerprint density at radius 3 is 3.05 bits per heavy atom. The highest BCUT2D eigenvalue weighted by Gasteiger charge is 2.20. The van der Waals surface area contributed by atoms with Gasteiger partial charge in [0.25, 0.3) is 0 Å². The van der Waals surface area contributed by atoms with E-state index < -0.39 is 0 Å². The minimum atomic E-state index is 0.433. The first-order chi connectivity index (χ1) is 9.17. The monoisotopic (exact) mass is 277 g/mol. The van der Waals surface area contributed by atoms with Gasteiger partial charge in [0.1, 0.15) is 0 Å². The van der Waals surface area contributed by atoms with Crippen LogP contribution in [0.3, 0.4) is 0 Å². The molecule has 1 saturated heterocycles. The second kappa shape index (κ2) is 7.06. The first-order valence-corrected chi connectivity index (χ1v) is 7.63. The van der Waals surface area contributed by atoms with Crippen LogP contribution in [0.2, 0.25) is 0 Å². The summed E-state index contributed by atoms with van der Waals surface area (Å²) in [5, 5.41) is 0. The second-order valence-electron chi connectivity index (χ2n) is 5.39. The molecule has 0 bridgehead atoms. The summed E-state index contributed by atoms with van der Waals surface area (Å²) in [4.78, 5) is 7.35. The molecular weight excluding hydrogens is 254 g/mol. The van der Waals surface area contributed by atoms with Gasteiger partial charge in [-0.15, -0.1) is 11.3 Å². The van der Waals surface area contributed by atoms with E-state index in [-0.39, 0.29) is 0 Å². The molecule has 1 aliphatic rings. The van der Waals surface area contributed by atoms with E-state index in [4.69, 9.17) is 5.73 Å². The molecule has 1 aliphatic heterocycles. The average Bonchev–Trinajstić information content (AvgIpc) is 2.96. The molecule has 1 aromatic heterocycles. The first-order valence-electron chi connectivity index (χ1n) is 6.82. The van der Waals surface area contributed by atoms with Crippen LogP contribution < -0.4 is 5.73 Å². The van der Waals surface area contributed by atoms with Crippen molar-refractivity contribution >= 4 is 11.3 Å². The van der Waals surface area contributed by atoms with Crippen molar-refractivity contribution in [3.8, 4) is 11.8 Å². The van der Waals surface area contributed by atoms with Crippen LogP contribution in [-0.4, -0.2) is 50.1 Å². The number of hydrogen-bond donors (Lipinski definition) is 1. The smallest absolute Gasteiger partial charge is 0.0772 e. The maximum atomic E-state index is 5.39. The number of rotatable bonds is 4. The van der Waals surface area contributed by atoms with Crippen molar-refractivity contribution in [1.82, 2.24) is 9.80 Å². The molecule has 3 nitrogen and oxygen atoms in total. The van der Waals surface area contributed by atoms with Crippen LogP contribution in [-0.2, 0) is 6.54 Å². The molecule has 0 aliphatic carbocycles. The van der Waals surface area contributed by atoms with E-state index in [1.54, 1.807) is 11.3 Å². The molecular formula is C15H23N3S. The maximum absolute atomic E-state index is 5.39. The number of nitrogens with two attached hydrogens (primary N) is 1. The van der Waals surface area contributed by atoms with E-state index in [1.165, 1.54) is 30.9 Å². The third-order valence-corrected chi connectivity index (χ3v) is 4.45. The highest BCUT2D eigenvalue weighted by atomic mass is 32.1. The van der Waals surface area contributed by atoms with Crippen LogP contribution in [0.1, 0.15) is 16.2 Å². The highest BCUT2D eigenvalue weighted by Crippen LogP contribution is 2.19. The molecule has 104 valence electrons. The van der Waals surface area contributed by atoms with Gasteiger partial charge in [0.2, 0.25) is 0 Å². The van der Waals surface area contributed by atoms with Gasteiger partial charge < -0.3 is 15.5 Å². The van der Waals surface area contributed by atoms with Gasteiger partial charge >= 0.3 is 0 Å². The summed E-state index contributed by atoms with van der Waals surface area (Å²) in [5.41, 5.74) is 5.39. The maximum Gasteiger partial charge on any atom is 0.0772 e. The number of hydrogen-bond acceptors (Lipinski definition) is 4. The van der Waals surface area contributed by atoms with Crippen LogP contribution in [0.4, 0.5) is 0 Å². The summed E-state index contributed by atoms with van der Waals surface area (Å²) in [6.07, 6.45) is 1.33. The molecule has 0 spiro atoms. The first kappa shape index (κ1) is 14.5. The molecule has 19 heavy (non-hydrogen) atoms. The largest absolute Gasteiger partial charge is 0.320 e. The molecule has 2 rings (SSSR count). The minimum absolute atomic E-state index is 0.433. The van der Waals surface area contributed by atoms with Crippen LogP contribution in [0.5, 0.6) is 0 Å². The summed E-state index contributed by atoms with van der Waals surface area (Å²) in [5.74, 6) is 6.82. The minimum Gasteiger partial charge on any atom is -0.320 e. The number of thiophene rings is 1. The van der Waals surface area contributed by atoms with E-state index in [9.17, 15) is 0 Å². The standard InChI is InChI=1S/C15H23N3S/c1-17-9-7-13(10-17)11-18(2)12-15-6-5-14(19-15)4-3-8-16/h5-6,13H,7-12,16H2,1-2H3. The fourth-order valence-electron chi connectivity index (χ4n) is 2.61. The van der Waals surface area contributed by atoms with Crippen molar-refractivity contribution in [2.75, 3.05) is 40.3 Å². The zero-order valence-corrected chi connectivity index (χ0v) is 12.7. The Hall–Kier alpha value is -0.860. The Morgan fingerprint density at radius 1 is 1.53 bits per heavy atom. The van der Waals surface area contributed by atoms with Crippen molar-refractivity contribution in [3.63, 3.8) is 0 Å². The number of likely N-dealkylation sites (tertiary alicyclic amines) is 1. The molecule has 0 saturated carbocycles. The summed E-state index contributed by atoms with van der Waals surface area (Å²) in [6, 6.07) is 4.28. The van der Waals surface area contributed by atoms with Gasteiger partial charge in [-0.1, -0.05) is 11.8 Å². The van der Waals surface area contributed by atoms with Gasteiger partial charge in [0.05, 0.1) is 11.4 Å². The summed E-state index contributed by atoms with van der Waals surface area (Å²) in [6.45, 7) is 5.13. The lowest BCUT2D eigenvalue weighted by molar-refractivity contribution is 0.269. The lowest BCUT2D eigenvalue weighted by Gasteiger charge is -2.20. The Balaban J connectivity index is 1.81. The highest BCUT2D eigenvalue weighted by molar-refractivity contribution is 7.12. The quantitative estimate of drug-likeness (QED) is 0.845. The van der Waals surface area contributed by atoms with E-state index in [0.29, 0.717) is 6.54 Å². The van der Waals surface area contributed by atoms with Gasteiger partial charge in [-0.2, -0.15) is 0 Å². The molecule has 2 heterocycles. The normalized spacial score (nSPS) is 19.7. The fraction of sp³-hybridized carbons (Fsp3) is 0.600. The molecule has 2 N–H and O–H groups in total. The van der Waals surface area contributed by atoms with Crippen molar-refractivity contribution in [2.45, 2.75) is 13.0 Å². The van der Waals surface area contributed by atoms with Gasteiger partial charge in [-0.25, -0.2) is 0 Å². The summed E-state index contributed by atoms with van der Waals surface area (Å²) >= 11 is 1.78. The molecule has 1 unspecified atom stereocenters. The van der Waals surface area contributed by atoms with Crippen molar-refractivity contribution in [2.24, 2.45) is 11.7 Å². The molecule has 0 amide bonds. The van der Waals surface area contributed by atoms with Crippen molar-refractivity contribution < 1.29 is 0 Å². The lowest BCUT2D eigenvalue weighted by Crippen LogP contribution is -2.26. The van der Waals surface area contributed by atoms with E-state index in [2.05, 4.69) is 47.9 Å². The van der Waals surface area contributed by atoms with Crippen LogP contribution in [0.25, 0.3) is 0 Å². The molecule has 4 heteroatoms. The predicted molar refractivity (Wildman–Crippen MR) is 82.2 cm³/mol. The van der Waals surface area contributed by atoms with Crippen LogP contribution in [0, 0.1) is 17.8 Å². The van der Waals surface area contributed by atoms with E-state index in [1.807, 2.05) is 0 Å². The van der Waals surface area contributed by atoms with Gasteiger partial charge in [0, 0.05) is 24.5 Å². The topological polar surface area (TPSA) is 32.5 Å². The SMILES string of the molecule is CN1CCC(CN(C)Cc2ccc(C#CCN)s2)C1. The van der Waals surface area contributed by atoms with Gasteiger partial charge in [-0.3, -0.25) is 0 Å². The van der Waals surface area contributed by atoms with E-state index in [0.717, 1.165) is 17.3 Å². The summed E-state index contributed by atoms with van der Waals surface area (Å²) < 4.78 is 0. The Labute approximate surface area is 120 Å². The fourth-order valence-corrected chi connectivity index (χ4v) is 3.58. The molecule has 0 aromatic carbocycles. The van der Waals surface area contributed by atoms with Crippen molar-refractivity contribution in [3.05, 3.63) is 21.9 Å².